The fourth-order valence-corrected chi connectivity index (χ4v) is 5.09. The van der Waals surface area contributed by atoms with Gasteiger partial charge in [0.15, 0.2) is 6.73 Å². The Hall–Kier alpha value is -3.51. The lowest BCUT2D eigenvalue weighted by molar-refractivity contribution is -0.156. The number of carbonyl (C=O) groups is 3. The van der Waals surface area contributed by atoms with Gasteiger partial charge in [0.1, 0.15) is 11.0 Å². The minimum atomic E-state index is -0.326. The number of hydrogen-bond acceptors (Lipinski definition) is 7. The van der Waals surface area contributed by atoms with Gasteiger partial charge in [-0.15, -0.1) is 0 Å². The number of ether oxygens (including phenoxy) is 1. The molecule has 3 aliphatic rings. The average Bonchev–Trinajstić information content (AvgIpc) is 3.33. The minimum Gasteiger partial charge on any atom is -0.443 e. The number of rotatable bonds is 6. The van der Waals surface area contributed by atoms with Gasteiger partial charge in [0.25, 0.3) is 11.8 Å². The Morgan fingerprint density at radius 2 is 1.85 bits per heavy atom. The van der Waals surface area contributed by atoms with Crippen LogP contribution < -0.4 is 0 Å². The number of amides is 2. The summed E-state index contributed by atoms with van der Waals surface area (Å²) in [6, 6.07) is 3.63. The average molecular weight is 554 g/mol. The predicted molar refractivity (Wildman–Crippen MR) is 148 cm³/mol. The number of allylic oxidation sites excluding steroid dienone is 2. The molecule has 1 aromatic rings. The summed E-state index contributed by atoms with van der Waals surface area (Å²) in [7, 11) is 1.87. The number of pyridine rings is 1. The molecule has 1 aliphatic heterocycles. The largest absolute Gasteiger partial charge is 0.443 e. The highest BCUT2D eigenvalue weighted by Gasteiger charge is 2.61. The second-order valence-corrected chi connectivity index (χ2v) is 11.4. The second kappa shape index (κ2) is 12.6. The molecule has 9 nitrogen and oxygen atoms in total. The first-order chi connectivity index (χ1) is 18.4. The maximum Gasteiger partial charge on any atom is 0.311 e. The molecule has 2 aliphatic carbocycles. The molecule has 0 spiro atoms. The molecule has 39 heavy (non-hydrogen) atoms. The van der Waals surface area contributed by atoms with Crippen LogP contribution >= 0.6 is 11.6 Å². The van der Waals surface area contributed by atoms with E-state index in [1.54, 1.807) is 25.4 Å². The summed E-state index contributed by atoms with van der Waals surface area (Å²) in [5.74, 6) is -0.258. The fourth-order valence-electron chi connectivity index (χ4n) is 4.97. The SMILES string of the molecule is CC(=NC#N)N(C)Cc1ccc(Cl)nc1.CC(C)=CC1C(C(=O)OCN2C(=O)C3=C(CCCC3)C2=O)C1(C)C. The van der Waals surface area contributed by atoms with E-state index in [2.05, 4.69) is 16.1 Å². The van der Waals surface area contributed by atoms with E-state index in [9.17, 15) is 14.4 Å². The Balaban J connectivity index is 0.000000242. The van der Waals surface area contributed by atoms with E-state index in [1.807, 2.05) is 45.7 Å². The Kier molecular flexibility index (Phi) is 9.68. The first kappa shape index (κ1) is 30.0. The van der Waals surface area contributed by atoms with Crippen LogP contribution in [0.3, 0.4) is 0 Å². The highest BCUT2D eigenvalue weighted by Crippen LogP contribution is 2.59. The topological polar surface area (TPSA) is 116 Å². The Bertz CT molecular complexity index is 1230. The number of esters is 1. The lowest BCUT2D eigenvalue weighted by Crippen LogP contribution is -2.35. The summed E-state index contributed by atoms with van der Waals surface area (Å²) in [5.41, 5.74) is 3.30. The van der Waals surface area contributed by atoms with Gasteiger partial charge >= 0.3 is 5.97 Å². The molecule has 0 N–H and O–H groups in total. The molecule has 10 heteroatoms. The Morgan fingerprint density at radius 1 is 1.23 bits per heavy atom. The quantitative estimate of drug-likeness (QED) is 0.0922. The predicted octanol–water partition coefficient (Wildman–Crippen LogP) is 5.03. The van der Waals surface area contributed by atoms with Crippen LogP contribution in [-0.2, 0) is 25.7 Å². The monoisotopic (exact) mass is 553 g/mol. The number of carbonyl (C=O) groups excluding carboxylic acids is 3. The van der Waals surface area contributed by atoms with E-state index in [0.29, 0.717) is 41.5 Å². The molecule has 1 aromatic heterocycles. The van der Waals surface area contributed by atoms with Gasteiger partial charge in [-0.05, 0) is 69.4 Å². The van der Waals surface area contributed by atoms with Gasteiger partial charge in [0.2, 0.25) is 6.19 Å². The van der Waals surface area contributed by atoms with Crippen molar-refractivity contribution < 1.29 is 19.1 Å². The van der Waals surface area contributed by atoms with Crippen LogP contribution in [-0.4, -0.2) is 52.2 Å². The van der Waals surface area contributed by atoms with Gasteiger partial charge in [0.05, 0.1) is 5.92 Å². The summed E-state index contributed by atoms with van der Waals surface area (Å²) in [6.07, 6.45) is 8.74. The summed E-state index contributed by atoms with van der Waals surface area (Å²) < 4.78 is 5.33. The van der Waals surface area contributed by atoms with Crippen molar-refractivity contribution in [3.05, 3.63) is 51.8 Å². The number of nitrogens with zero attached hydrogens (tertiary/aromatic N) is 5. The van der Waals surface area contributed by atoms with Crippen LogP contribution in [0.2, 0.25) is 5.15 Å². The van der Waals surface area contributed by atoms with Gasteiger partial charge < -0.3 is 9.64 Å². The van der Waals surface area contributed by atoms with E-state index < -0.39 is 0 Å². The van der Waals surface area contributed by atoms with Gasteiger partial charge in [-0.2, -0.15) is 10.3 Å². The van der Waals surface area contributed by atoms with Gasteiger partial charge in [-0.25, -0.2) is 9.88 Å². The molecule has 208 valence electrons. The number of aromatic nitrogens is 1. The summed E-state index contributed by atoms with van der Waals surface area (Å²) in [4.78, 5) is 47.6. The van der Waals surface area contributed by atoms with Crippen LogP contribution in [0.25, 0.3) is 0 Å². The van der Waals surface area contributed by atoms with Gasteiger partial charge in [-0.3, -0.25) is 14.4 Å². The third kappa shape index (κ3) is 7.12. The summed E-state index contributed by atoms with van der Waals surface area (Å²) >= 11 is 5.67. The first-order valence-electron chi connectivity index (χ1n) is 13.0. The molecule has 0 radical (unpaired) electrons. The molecule has 1 fully saturated rings. The number of amidine groups is 1. The highest BCUT2D eigenvalue weighted by atomic mass is 35.5. The molecule has 1 saturated carbocycles. The third-order valence-electron chi connectivity index (χ3n) is 7.46. The second-order valence-electron chi connectivity index (χ2n) is 11.0. The molecule has 2 heterocycles. The van der Waals surface area contributed by atoms with Crippen LogP contribution in [0, 0.1) is 28.7 Å². The van der Waals surface area contributed by atoms with Crippen molar-refractivity contribution in [3.8, 4) is 6.19 Å². The van der Waals surface area contributed by atoms with Crippen molar-refractivity contribution in [1.29, 1.82) is 5.26 Å². The Morgan fingerprint density at radius 3 is 2.36 bits per heavy atom. The summed E-state index contributed by atoms with van der Waals surface area (Å²) in [6.45, 7) is 10.3. The molecule has 0 aromatic carbocycles. The zero-order valence-corrected chi connectivity index (χ0v) is 24.2. The van der Waals surface area contributed by atoms with Gasteiger partial charge in [-0.1, -0.05) is 43.2 Å². The summed E-state index contributed by atoms with van der Waals surface area (Å²) in [5, 5.41) is 8.87. The zero-order chi connectivity index (χ0) is 28.9. The maximum absolute atomic E-state index is 12.4. The van der Waals surface area contributed by atoms with Crippen molar-refractivity contribution in [1.82, 2.24) is 14.8 Å². The molecule has 0 saturated heterocycles. The van der Waals surface area contributed by atoms with Crippen molar-refractivity contribution in [2.75, 3.05) is 13.8 Å². The number of halogens is 1. The molecule has 2 amide bonds. The third-order valence-corrected chi connectivity index (χ3v) is 7.68. The highest BCUT2D eigenvalue weighted by molar-refractivity contribution is 6.29. The van der Waals surface area contributed by atoms with E-state index in [1.165, 1.54) is 5.57 Å². The molecular formula is C29H36ClN5O4. The lowest BCUT2D eigenvalue weighted by atomic mass is 9.93. The normalized spacial score (nSPS) is 21.4. The fraction of sp³-hybridized carbons (Fsp3) is 0.517. The van der Waals surface area contributed by atoms with E-state index >= 15 is 0 Å². The van der Waals surface area contributed by atoms with Crippen LogP contribution in [0.5, 0.6) is 0 Å². The van der Waals surface area contributed by atoms with Crippen LogP contribution in [0.1, 0.15) is 65.9 Å². The lowest BCUT2D eigenvalue weighted by Gasteiger charge is -2.17. The molecule has 2 unspecified atom stereocenters. The number of aliphatic imine (C=N–C) groups is 1. The molecular weight excluding hydrogens is 518 g/mol. The zero-order valence-electron chi connectivity index (χ0n) is 23.5. The Labute approximate surface area is 235 Å². The van der Waals surface area contributed by atoms with Crippen molar-refractivity contribution in [2.45, 2.75) is 66.8 Å². The molecule has 4 rings (SSSR count). The number of nitriles is 1. The first-order valence-corrected chi connectivity index (χ1v) is 13.4. The van der Waals surface area contributed by atoms with E-state index in [-0.39, 0.29) is 41.8 Å². The molecule has 2 atom stereocenters. The van der Waals surface area contributed by atoms with Gasteiger partial charge in [0, 0.05) is 30.9 Å². The van der Waals surface area contributed by atoms with Crippen molar-refractivity contribution in [2.24, 2.45) is 22.2 Å². The van der Waals surface area contributed by atoms with Crippen LogP contribution in [0.4, 0.5) is 0 Å². The maximum atomic E-state index is 12.4. The number of imide groups is 1. The van der Waals surface area contributed by atoms with Crippen molar-refractivity contribution in [3.63, 3.8) is 0 Å². The van der Waals surface area contributed by atoms with Crippen LogP contribution in [0.15, 0.2) is 46.1 Å². The molecule has 0 bridgehead atoms. The van der Waals surface area contributed by atoms with Crippen molar-refractivity contribution >= 4 is 35.2 Å². The standard InChI is InChI=1S/C19H25NO4.C10H11ClN4/c1-11(2)9-14-15(19(14,3)4)18(23)24-10-20-16(21)12-7-5-6-8-13(12)17(20)22;1-8(14-7-12)15(2)6-9-3-4-10(11)13-5-9/h9,14-15H,5-8,10H2,1-4H3;3-5H,6H2,1-2H3. The number of hydrogen-bond donors (Lipinski definition) is 0. The van der Waals surface area contributed by atoms with E-state index in [0.717, 1.165) is 23.3 Å². The smallest absolute Gasteiger partial charge is 0.311 e. The minimum absolute atomic E-state index is 0.134. The van der Waals surface area contributed by atoms with E-state index in [4.69, 9.17) is 21.6 Å².